The Kier molecular flexibility index (Phi) is 13.1. The zero-order chi connectivity index (χ0) is 31.0. The maximum absolute atomic E-state index is 10.9. The fraction of sp³-hybridized carbons (Fsp3) is 0.229. The molecule has 4 rings (SSSR count). The second-order valence-electron chi connectivity index (χ2n) is 9.84. The van der Waals surface area contributed by atoms with Gasteiger partial charge in [0.2, 0.25) is 0 Å². The van der Waals surface area contributed by atoms with Gasteiger partial charge in [-0.05, 0) is 59.0 Å². The molecule has 0 saturated carbocycles. The number of nitrogens with zero attached hydrogens (tertiary/aromatic N) is 1. The second-order valence-corrected chi connectivity index (χ2v) is 9.84. The van der Waals surface area contributed by atoms with E-state index in [9.17, 15) is 14.7 Å². The molecule has 8 heteroatoms. The quantitative estimate of drug-likeness (QED) is 0.0768. The summed E-state index contributed by atoms with van der Waals surface area (Å²) in [6.45, 7) is 4.89. The maximum Gasteiger partial charge on any atom is 0.317 e. The molecule has 5 N–H and O–H groups in total. The average molecular weight is 583 g/mol. The molecule has 0 aliphatic heterocycles. The number of hydrogen-bond donors (Lipinski definition) is 4. The highest BCUT2D eigenvalue weighted by molar-refractivity contribution is 6.08. The van der Waals surface area contributed by atoms with E-state index < -0.39 is 24.1 Å². The lowest BCUT2D eigenvalue weighted by molar-refractivity contribution is -0.154. The van der Waals surface area contributed by atoms with Gasteiger partial charge in [0.05, 0.1) is 12.3 Å². The lowest BCUT2D eigenvalue weighted by Crippen LogP contribution is -2.23. The van der Waals surface area contributed by atoms with Gasteiger partial charge in [0.1, 0.15) is 5.75 Å². The molecular formula is C35H38N2O6. The van der Waals surface area contributed by atoms with Crippen LogP contribution in [0.1, 0.15) is 48.6 Å². The van der Waals surface area contributed by atoms with Gasteiger partial charge in [0.15, 0.2) is 12.1 Å². The number of rotatable bonds is 14. The Hall–Kier alpha value is -4.79. The number of ether oxygens (including phenoxy) is 1. The van der Waals surface area contributed by atoms with Crippen molar-refractivity contribution in [3.05, 3.63) is 126 Å². The molecule has 0 aliphatic carbocycles. The number of hydrogen-bond acceptors (Lipinski definition) is 6. The Bertz CT molecular complexity index is 1490. The van der Waals surface area contributed by atoms with E-state index >= 15 is 0 Å². The Labute approximate surface area is 251 Å². The molecule has 4 aromatic carbocycles. The lowest BCUT2D eigenvalue weighted by atomic mass is 10.0. The summed E-state index contributed by atoms with van der Waals surface area (Å²) in [5.41, 5.74) is 8.70. The molecule has 0 bridgehead atoms. The zero-order valence-electron chi connectivity index (χ0n) is 24.0. The molecule has 0 saturated heterocycles. The molecule has 0 heterocycles. The first-order chi connectivity index (χ1) is 20.8. The van der Waals surface area contributed by atoms with Crippen LogP contribution in [-0.2, 0) is 16.1 Å². The van der Waals surface area contributed by atoms with Gasteiger partial charge in [-0.3, -0.25) is 9.59 Å². The van der Waals surface area contributed by atoms with Crippen molar-refractivity contribution in [2.24, 2.45) is 16.6 Å². The minimum Gasteiger partial charge on any atom is -0.494 e. The number of carbonyl (C=O) groups is 2. The first kappa shape index (κ1) is 32.7. The van der Waals surface area contributed by atoms with Crippen LogP contribution in [0.5, 0.6) is 5.75 Å². The highest BCUT2D eigenvalue weighted by atomic mass is 16.5. The topological polar surface area (TPSA) is 142 Å². The first-order valence-electron chi connectivity index (χ1n) is 14.1. The Morgan fingerprint density at radius 3 is 2.07 bits per heavy atom. The molecular weight excluding hydrogens is 544 g/mol. The number of aliphatic hydroxyl groups is 1. The summed E-state index contributed by atoms with van der Waals surface area (Å²) in [4.78, 5) is 26.2. The number of aliphatic carboxylic acids is 2. The molecule has 0 aromatic heterocycles. The van der Waals surface area contributed by atoms with Crippen molar-refractivity contribution < 1.29 is 29.6 Å². The third kappa shape index (κ3) is 10.5. The van der Waals surface area contributed by atoms with Crippen molar-refractivity contribution in [3.8, 4) is 5.75 Å². The van der Waals surface area contributed by atoms with Crippen LogP contribution in [-0.4, -0.2) is 39.6 Å². The normalized spacial score (nSPS) is 11.8. The van der Waals surface area contributed by atoms with Crippen molar-refractivity contribution >= 4 is 28.4 Å². The van der Waals surface area contributed by atoms with E-state index in [0.29, 0.717) is 49.4 Å². The summed E-state index contributed by atoms with van der Waals surface area (Å²) in [7, 11) is 0. The number of aliphatic hydroxyl groups excluding tert-OH is 1. The molecule has 0 radical (unpaired) electrons. The van der Waals surface area contributed by atoms with Crippen molar-refractivity contribution in [3.63, 3.8) is 0 Å². The summed E-state index contributed by atoms with van der Waals surface area (Å²) >= 11 is 0. The van der Waals surface area contributed by atoms with E-state index in [1.165, 1.54) is 5.56 Å². The predicted octanol–water partition coefficient (Wildman–Crippen LogP) is 6.38. The van der Waals surface area contributed by atoms with Crippen LogP contribution in [0.15, 0.2) is 115 Å². The summed E-state index contributed by atoms with van der Waals surface area (Å²) in [6.07, 6.45) is 2.60. The smallest absolute Gasteiger partial charge is 0.317 e. The zero-order valence-corrected chi connectivity index (χ0v) is 24.0. The van der Waals surface area contributed by atoms with Gasteiger partial charge >= 0.3 is 11.9 Å². The van der Waals surface area contributed by atoms with E-state index in [2.05, 4.69) is 11.6 Å². The van der Waals surface area contributed by atoms with Gasteiger partial charge in [-0.15, -0.1) is 0 Å². The first-order valence-corrected chi connectivity index (χ1v) is 14.1. The largest absolute Gasteiger partial charge is 0.494 e. The summed E-state index contributed by atoms with van der Waals surface area (Å²) < 4.78 is 5.79. The van der Waals surface area contributed by atoms with Crippen LogP contribution in [0, 0.1) is 5.92 Å². The van der Waals surface area contributed by atoms with E-state index in [1.807, 2.05) is 97.1 Å². The van der Waals surface area contributed by atoms with Crippen molar-refractivity contribution in [1.29, 1.82) is 0 Å². The number of carboxylic acids is 2. The van der Waals surface area contributed by atoms with Crippen LogP contribution in [0.2, 0.25) is 0 Å². The number of benzene rings is 4. The Balaban J connectivity index is 0.000000546. The minimum atomic E-state index is -1.35. The Morgan fingerprint density at radius 1 is 0.837 bits per heavy atom. The molecule has 1 atom stereocenters. The summed E-state index contributed by atoms with van der Waals surface area (Å²) in [6, 6.07) is 30.9. The van der Waals surface area contributed by atoms with Gasteiger partial charge in [0, 0.05) is 12.1 Å². The molecule has 43 heavy (non-hydrogen) atoms. The SMILES string of the molecule is C=C/C(=N\C(O)c1ccc2cc(OCCCCCC(C(=O)O)C(=O)O)ccc2c1)c1ccccc1.NCc1ccccc1. The summed E-state index contributed by atoms with van der Waals surface area (Å²) in [5.74, 6) is -3.25. The predicted molar refractivity (Wildman–Crippen MR) is 169 cm³/mol. The number of unbranched alkanes of at least 4 members (excludes halogenated alkanes) is 2. The molecule has 0 fully saturated rings. The fourth-order valence-corrected chi connectivity index (χ4v) is 4.34. The third-order valence-electron chi connectivity index (χ3n) is 6.74. The Morgan fingerprint density at radius 2 is 1.47 bits per heavy atom. The molecule has 0 spiro atoms. The van der Waals surface area contributed by atoms with Crippen molar-refractivity contribution in [2.75, 3.05) is 6.61 Å². The van der Waals surface area contributed by atoms with Crippen LogP contribution in [0.25, 0.3) is 10.8 Å². The number of carboxylic acid groups (broad SMARTS) is 2. The molecule has 224 valence electrons. The molecule has 0 aliphatic rings. The van der Waals surface area contributed by atoms with Crippen LogP contribution < -0.4 is 10.5 Å². The second kappa shape index (κ2) is 17.2. The van der Waals surface area contributed by atoms with Gasteiger partial charge in [-0.1, -0.05) is 98.3 Å². The number of fused-ring (bicyclic) bond motifs is 1. The minimum absolute atomic E-state index is 0.110. The standard InChI is InChI=1S/C28H29NO6.C7H9N/c1-2-25(19-9-5-3-6-10-19)29-26(30)22-13-12-21-18-23(15-14-20(21)17-22)35-16-8-4-7-11-24(27(31)32)28(33)34;8-6-7-4-2-1-3-5-7/h2-3,5-6,9-10,12-15,17-18,24,26,30H,1,4,7-8,11,16H2,(H,31,32)(H,33,34);1-5H,6,8H2/b29-25+;. The highest BCUT2D eigenvalue weighted by Gasteiger charge is 2.24. The van der Waals surface area contributed by atoms with E-state index in [1.54, 1.807) is 6.08 Å². The van der Waals surface area contributed by atoms with Gasteiger partial charge in [-0.25, -0.2) is 4.99 Å². The van der Waals surface area contributed by atoms with Crippen molar-refractivity contribution in [2.45, 2.75) is 38.5 Å². The average Bonchev–Trinajstić information content (AvgIpc) is 3.03. The molecule has 4 aromatic rings. The van der Waals surface area contributed by atoms with Gasteiger partial charge in [-0.2, -0.15) is 0 Å². The van der Waals surface area contributed by atoms with Crippen LogP contribution in [0.4, 0.5) is 0 Å². The van der Waals surface area contributed by atoms with Crippen LogP contribution in [0.3, 0.4) is 0 Å². The number of nitrogens with two attached hydrogens (primary N) is 1. The molecule has 1 unspecified atom stereocenters. The summed E-state index contributed by atoms with van der Waals surface area (Å²) in [5, 5.41) is 30.3. The third-order valence-corrected chi connectivity index (χ3v) is 6.74. The van der Waals surface area contributed by atoms with Gasteiger partial charge in [0.25, 0.3) is 0 Å². The van der Waals surface area contributed by atoms with E-state index in [-0.39, 0.29) is 6.42 Å². The number of allylic oxidation sites excluding steroid dienone is 1. The van der Waals surface area contributed by atoms with Gasteiger partial charge < -0.3 is 25.8 Å². The maximum atomic E-state index is 10.9. The number of aliphatic imine (C=N–C) groups is 1. The highest BCUT2D eigenvalue weighted by Crippen LogP contribution is 2.26. The molecule has 8 nitrogen and oxygen atoms in total. The van der Waals surface area contributed by atoms with Crippen LogP contribution >= 0.6 is 0 Å². The lowest BCUT2D eigenvalue weighted by Gasteiger charge is -2.11. The molecule has 0 amide bonds. The fourth-order valence-electron chi connectivity index (χ4n) is 4.34. The van der Waals surface area contributed by atoms with Crippen molar-refractivity contribution in [1.82, 2.24) is 0 Å². The van der Waals surface area contributed by atoms with E-state index in [4.69, 9.17) is 20.7 Å². The monoisotopic (exact) mass is 582 g/mol. The van der Waals surface area contributed by atoms with E-state index in [0.717, 1.165) is 16.3 Å².